The third kappa shape index (κ3) is 3.09. The molecular weight excluding hydrogens is 405 g/mol. The van der Waals surface area contributed by atoms with E-state index in [-0.39, 0.29) is 9.80 Å². The van der Waals surface area contributed by atoms with Crippen LogP contribution < -0.4 is 0 Å². The number of carbonyl (C=O) groups is 5. The number of nitrogens with zero attached hydrogens (tertiary/aromatic N) is 3. The van der Waals surface area contributed by atoms with Gasteiger partial charge >= 0.3 is 6.09 Å². The van der Waals surface area contributed by atoms with Crippen molar-refractivity contribution in [3.63, 3.8) is 0 Å². The van der Waals surface area contributed by atoms with E-state index in [1.54, 1.807) is 0 Å². The highest BCUT2D eigenvalue weighted by Gasteiger charge is 2.61. The van der Waals surface area contributed by atoms with Crippen molar-refractivity contribution in [2.45, 2.75) is 45.0 Å². The summed E-state index contributed by atoms with van der Waals surface area (Å²) >= 11 is 0. The van der Waals surface area contributed by atoms with Crippen LogP contribution in [0.25, 0.3) is 0 Å². The number of halogens is 1. The third-order valence-electron chi connectivity index (χ3n) is 4.47. The number of rotatable bonds is 2. The van der Waals surface area contributed by atoms with Gasteiger partial charge in [0.05, 0.1) is 10.5 Å². The molecule has 1 aromatic rings. The van der Waals surface area contributed by atoms with Gasteiger partial charge in [0.25, 0.3) is 29.2 Å². The van der Waals surface area contributed by atoms with Crippen molar-refractivity contribution < 1.29 is 38.0 Å². The molecule has 158 valence electrons. The quantitative estimate of drug-likeness (QED) is 0.305. The highest BCUT2D eigenvalue weighted by Crippen LogP contribution is 2.40. The highest BCUT2D eigenvalue weighted by atomic mass is 19.1. The van der Waals surface area contributed by atoms with Crippen LogP contribution in [0.1, 0.15) is 54.3 Å². The smallest absolute Gasteiger partial charge is 0.424 e. The minimum atomic E-state index is -3.40. The molecule has 5 amide bonds. The molecule has 1 saturated heterocycles. The van der Waals surface area contributed by atoms with Crippen molar-refractivity contribution in [3.8, 4) is 0 Å². The van der Waals surface area contributed by atoms with E-state index in [9.17, 15) is 34.1 Å². The number of amides is 5. The first-order valence-corrected chi connectivity index (χ1v) is 8.75. The van der Waals surface area contributed by atoms with E-state index in [0.717, 1.165) is 18.2 Å². The summed E-state index contributed by atoms with van der Waals surface area (Å²) < 4.78 is 20.8. The first kappa shape index (κ1) is 21.0. The van der Waals surface area contributed by atoms with Crippen LogP contribution in [0.2, 0.25) is 0 Å². The maximum atomic E-state index is 15.8. The van der Waals surface area contributed by atoms with Gasteiger partial charge in [-0.1, -0.05) is 6.07 Å². The van der Waals surface area contributed by atoms with E-state index in [4.69, 9.17) is 4.74 Å². The highest BCUT2D eigenvalue weighted by molar-refractivity contribution is 6.26. The molecule has 2 aliphatic heterocycles. The minimum absolute atomic E-state index is 0.0726. The van der Waals surface area contributed by atoms with Gasteiger partial charge in [-0.05, 0) is 26.8 Å². The second-order valence-electron chi connectivity index (χ2n) is 7.68. The summed E-state index contributed by atoms with van der Waals surface area (Å²) in [5, 5.41) is 11.2. The van der Waals surface area contributed by atoms with Gasteiger partial charge in [-0.15, -0.1) is 0 Å². The number of ether oxygens (including phenoxy) is 1. The molecule has 0 radical (unpaired) electrons. The predicted molar refractivity (Wildman–Crippen MR) is 94.8 cm³/mol. The normalized spacial score (nSPS) is 21.7. The van der Waals surface area contributed by atoms with Gasteiger partial charge < -0.3 is 4.74 Å². The summed E-state index contributed by atoms with van der Waals surface area (Å²) in [4.78, 5) is 72.8. The standard InChI is InChI=1S/C18H16FN3O8/c1-17(2,3)30-16(27)20-11(23)7-8-18(19,15(20)26)21-13(24)9-5-4-6-10(22(28)29)12(9)14(21)25/h4-6H,7-8H2,1-3H3. The van der Waals surface area contributed by atoms with Crippen molar-refractivity contribution in [2.75, 3.05) is 0 Å². The van der Waals surface area contributed by atoms with Gasteiger partial charge in [0.2, 0.25) is 5.91 Å². The lowest BCUT2D eigenvalue weighted by Gasteiger charge is -2.38. The van der Waals surface area contributed by atoms with E-state index in [1.165, 1.54) is 20.8 Å². The van der Waals surface area contributed by atoms with Crippen molar-refractivity contribution in [3.05, 3.63) is 39.4 Å². The van der Waals surface area contributed by atoms with Crippen LogP contribution >= 0.6 is 0 Å². The molecule has 2 heterocycles. The fourth-order valence-corrected chi connectivity index (χ4v) is 3.22. The number of benzene rings is 1. The topological polar surface area (TPSA) is 144 Å². The van der Waals surface area contributed by atoms with Crippen molar-refractivity contribution in [1.82, 2.24) is 9.80 Å². The van der Waals surface area contributed by atoms with Crippen LogP contribution in [0.4, 0.5) is 14.9 Å². The number of hydrogen-bond acceptors (Lipinski definition) is 8. The number of likely N-dealkylation sites (tertiary alicyclic amines) is 1. The monoisotopic (exact) mass is 421 g/mol. The van der Waals surface area contributed by atoms with Gasteiger partial charge in [-0.3, -0.25) is 29.3 Å². The summed E-state index contributed by atoms with van der Waals surface area (Å²) in [5.41, 5.74) is -2.98. The van der Waals surface area contributed by atoms with E-state index >= 15 is 4.39 Å². The Morgan fingerprint density at radius 1 is 1.20 bits per heavy atom. The molecule has 30 heavy (non-hydrogen) atoms. The molecule has 0 spiro atoms. The zero-order valence-corrected chi connectivity index (χ0v) is 16.1. The summed E-state index contributed by atoms with van der Waals surface area (Å²) in [6.45, 7) is 4.36. The maximum absolute atomic E-state index is 15.8. The molecule has 1 atom stereocenters. The molecule has 0 saturated carbocycles. The number of alkyl halides is 1. The second kappa shape index (κ2) is 6.68. The number of nitro benzene ring substituents is 1. The molecule has 1 unspecified atom stereocenters. The number of piperidine rings is 1. The third-order valence-corrected chi connectivity index (χ3v) is 4.47. The first-order valence-electron chi connectivity index (χ1n) is 8.75. The van der Waals surface area contributed by atoms with Crippen LogP contribution in [0, 0.1) is 10.1 Å². The van der Waals surface area contributed by atoms with Gasteiger partial charge in [-0.25, -0.2) is 14.1 Å². The largest absolute Gasteiger partial charge is 0.443 e. The SMILES string of the molecule is CC(C)(C)OC(=O)N1C(=O)CCC(F)(N2C(=O)c3cccc([N+](=O)[O-])c3C2=O)C1=O. The molecule has 0 aliphatic carbocycles. The number of hydrogen-bond donors (Lipinski definition) is 0. The molecule has 12 heteroatoms. The Morgan fingerprint density at radius 2 is 1.83 bits per heavy atom. The van der Waals surface area contributed by atoms with E-state index < -0.39 is 75.7 Å². The molecule has 0 aromatic heterocycles. The van der Waals surface area contributed by atoms with Crippen LogP contribution in [0.5, 0.6) is 0 Å². The van der Waals surface area contributed by atoms with E-state index in [2.05, 4.69) is 0 Å². The molecule has 2 aliphatic rings. The Bertz CT molecular complexity index is 1030. The summed E-state index contributed by atoms with van der Waals surface area (Å²) in [6, 6.07) is 3.17. The Labute approximate surface area is 168 Å². The van der Waals surface area contributed by atoms with E-state index in [0.29, 0.717) is 0 Å². The fraction of sp³-hybridized carbons (Fsp3) is 0.389. The lowest BCUT2D eigenvalue weighted by atomic mass is 9.99. The van der Waals surface area contributed by atoms with Gasteiger partial charge in [0.15, 0.2) is 0 Å². The van der Waals surface area contributed by atoms with Crippen LogP contribution in [0.3, 0.4) is 0 Å². The van der Waals surface area contributed by atoms with Crippen molar-refractivity contribution in [2.24, 2.45) is 0 Å². The predicted octanol–water partition coefficient (Wildman–Crippen LogP) is 1.94. The number of imide groups is 4. The van der Waals surface area contributed by atoms with E-state index in [1.807, 2.05) is 0 Å². The van der Waals surface area contributed by atoms with Gasteiger partial charge in [0.1, 0.15) is 11.2 Å². The Balaban J connectivity index is 2.04. The second-order valence-corrected chi connectivity index (χ2v) is 7.68. The summed E-state index contributed by atoms with van der Waals surface area (Å²) in [6.07, 6.45) is -3.04. The molecule has 1 aromatic carbocycles. The zero-order chi connectivity index (χ0) is 22.6. The zero-order valence-electron chi connectivity index (χ0n) is 16.1. The van der Waals surface area contributed by atoms with Crippen molar-refractivity contribution in [1.29, 1.82) is 0 Å². The molecular formula is C18H16FN3O8. The molecule has 11 nitrogen and oxygen atoms in total. The first-order chi connectivity index (χ1) is 13.8. The molecule has 3 rings (SSSR count). The molecule has 0 bridgehead atoms. The number of fused-ring (bicyclic) bond motifs is 1. The lowest BCUT2D eigenvalue weighted by Crippen LogP contribution is -2.64. The van der Waals surface area contributed by atoms with Gasteiger partial charge in [0, 0.05) is 18.9 Å². The Hall–Kier alpha value is -3.70. The minimum Gasteiger partial charge on any atom is -0.443 e. The van der Waals surface area contributed by atoms with Crippen LogP contribution in [0.15, 0.2) is 18.2 Å². The molecule has 0 N–H and O–H groups in total. The van der Waals surface area contributed by atoms with Crippen molar-refractivity contribution >= 4 is 35.4 Å². The number of nitro groups is 1. The van der Waals surface area contributed by atoms with Crippen LogP contribution in [-0.4, -0.2) is 55.8 Å². The fourth-order valence-electron chi connectivity index (χ4n) is 3.22. The van der Waals surface area contributed by atoms with Crippen LogP contribution in [-0.2, 0) is 14.3 Å². The maximum Gasteiger partial charge on any atom is 0.424 e. The number of carbonyl (C=O) groups excluding carboxylic acids is 5. The summed E-state index contributed by atoms with van der Waals surface area (Å²) in [5.74, 6) is -8.92. The Kier molecular flexibility index (Phi) is 4.68. The average molecular weight is 421 g/mol. The average Bonchev–Trinajstić information content (AvgIpc) is 2.88. The van der Waals surface area contributed by atoms with Gasteiger partial charge in [-0.2, -0.15) is 4.90 Å². The summed E-state index contributed by atoms with van der Waals surface area (Å²) in [7, 11) is 0. The lowest BCUT2D eigenvalue weighted by molar-refractivity contribution is -0.385. The molecule has 1 fully saturated rings. The Morgan fingerprint density at radius 3 is 2.40 bits per heavy atom.